The van der Waals surface area contributed by atoms with Crippen LogP contribution in [0.2, 0.25) is 0 Å². The molecule has 1 fully saturated rings. The van der Waals surface area contributed by atoms with Gasteiger partial charge in [0.15, 0.2) is 6.10 Å². The smallest absolute Gasteiger partial charge is 0.303 e. The van der Waals surface area contributed by atoms with Gasteiger partial charge in [0.2, 0.25) is 5.91 Å². The number of rotatable bonds is 10. The lowest BCUT2D eigenvalue weighted by Gasteiger charge is -2.41. The number of hydrogen-bond acceptors (Lipinski definition) is 6. The largest absolute Gasteiger partial charge is 0.452 e. The number of esters is 1. The Labute approximate surface area is 200 Å². The molecule has 1 heterocycles. The molecule has 34 heavy (non-hydrogen) atoms. The predicted octanol–water partition coefficient (Wildman–Crippen LogP) is 2.48. The molecule has 0 unspecified atom stereocenters. The summed E-state index contributed by atoms with van der Waals surface area (Å²) >= 11 is 0. The van der Waals surface area contributed by atoms with Gasteiger partial charge < -0.3 is 19.9 Å². The van der Waals surface area contributed by atoms with Crippen molar-refractivity contribution in [3.8, 4) is 6.07 Å². The van der Waals surface area contributed by atoms with Gasteiger partial charge in [-0.15, -0.1) is 0 Å². The number of nitriles is 1. The van der Waals surface area contributed by atoms with E-state index in [-0.39, 0.29) is 24.2 Å². The van der Waals surface area contributed by atoms with E-state index >= 15 is 0 Å². The van der Waals surface area contributed by atoms with E-state index in [2.05, 4.69) is 16.3 Å². The average molecular weight is 463 g/mol. The van der Waals surface area contributed by atoms with Gasteiger partial charge in [-0.1, -0.05) is 42.5 Å². The van der Waals surface area contributed by atoms with Gasteiger partial charge in [0, 0.05) is 45.6 Å². The first-order valence-corrected chi connectivity index (χ1v) is 11.4. The van der Waals surface area contributed by atoms with Crippen LogP contribution < -0.4 is 10.2 Å². The molecule has 0 spiro atoms. The molecule has 8 nitrogen and oxygen atoms in total. The summed E-state index contributed by atoms with van der Waals surface area (Å²) in [5, 5.41) is 12.1. The van der Waals surface area contributed by atoms with E-state index in [1.807, 2.05) is 55.5 Å². The van der Waals surface area contributed by atoms with Crippen molar-refractivity contribution in [2.75, 3.05) is 31.1 Å². The van der Waals surface area contributed by atoms with Crippen LogP contribution in [0.3, 0.4) is 0 Å². The lowest BCUT2D eigenvalue weighted by molar-refractivity contribution is -0.160. The number of hydrogen-bond donors (Lipinski definition) is 1. The normalized spacial score (nSPS) is 13.9. The fourth-order valence-electron chi connectivity index (χ4n) is 3.97. The third-order valence-electron chi connectivity index (χ3n) is 5.77. The predicted molar refractivity (Wildman–Crippen MR) is 128 cm³/mol. The van der Waals surface area contributed by atoms with Crippen LogP contribution >= 0.6 is 0 Å². The molecule has 1 aliphatic heterocycles. The zero-order valence-corrected chi connectivity index (χ0v) is 19.6. The first-order valence-electron chi connectivity index (χ1n) is 11.4. The summed E-state index contributed by atoms with van der Waals surface area (Å²) in [6.07, 6.45) is -1.39. The van der Waals surface area contributed by atoms with E-state index in [4.69, 9.17) is 4.74 Å². The molecule has 0 saturated carbocycles. The number of anilines is 1. The van der Waals surface area contributed by atoms with Crippen molar-refractivity contribution in [3.63, 3.8) is 0 Å². The molecule has 1 saturated heterocycles. The van der Waals surface area contributed by atoms with Gasteiger partial charge in [0.25, 0.3) is 5.91 Å². The van der Waals surface area contributed by atoms with Gasteiger partial charge in [-0.05, 0) is 24.6 Å². The molecule has 8 heteroatoms. The SMILES string of the molecule is CCN(Cc1ccccc1)C(=O)[C@@H](CC(=O)NCC1CN(c2ccccc2C#N)C1)OC(C)=O. The Morgan fingerprint density at radius 2 is 1.82 bits per heavy atom. The molecule has 0 aliphatic carbocycles. The van der Waals surface area contributed by atoms with Crippen molar-refractivity contribution in [1.29, 1.82) is 5.26 Å². The van der Waals surface area contributed by atoms with E-state index in [1.54, 1.807) is 11.0 Å². The number of nitrogens with one attached hydrogen (secondary N) is 1. The highest BCUT2D eigenvalue weighted by atomic mass is 16.5. The monoisotopic (exact) mass is 462 g/mol. The molecule has 0 bridgehead atoms. The summed E-state index contributed by atoms with van der Waals surface area (Å²) in [5.41, 5.74) is 2.48. The second-order valence-corrected chi connectivity index (χ2v) is 8.34. The molecule has 1 aliphatic rings. The summed E-state index contributed by atoms with van der Waals surface area (Å²) in [6.45, 7) is 5.78. The molecule has 0 aromatic heterocycles. The van der Waals surface area contributed by atoms with Crippen molar-refractivity contribution in [1.82, 2.24) is 10.2 Å². The van der Waals surface area contributed by atoms with Crippen molar-refractivity contribution in [2.45, 2.75) is 32.9 Å². The standard InChI is InChI=1S/C26H30N4O4/c1-3-29(16-20-9-5-4-6-10-20)26(33)24(34-19(2)31)13-25(32)28-15-21-17-30(18-21)23-12-8-7-11-22(23)14-27/h4-12,21,24H,3,13,15-18H2,1-2H3,(H,28,32)/t24-/m1/s1. The van der Waals surface area contributed by atoms with Gasteiger partial charge in [-0.25, -0.2) is 0 Å². The van der Waals surface area contributed by atoms with Crippen molar-refractivity contribution in [2.24, 2.45) is 5.92 Å². The first kappa shape index (κ1) is 24.8. The van der Waals surface area contributed by atoms with Crippen LogP contribution in [0.15, 0.2) is 54.6 Å². The topological polar surface area (TPSA) is 103 Å². The number of para-hydroxylation sites is 1. The van der Waals surface area contributed by atoms with E-state index in [9.17, 15) is 19.6 Å². The number of likely N-dealkylation sites (N-methyl/N-ethyl adjacent to an activating group) is 1. The van der Waals surface area contributed by atoms with Gasteiger partial charge in [-0.2, -0.15) is 5.26 Å². The quantitative estimate of drug-likeness (QED) is 0.544. The maximum Gasteiger partial charge on any atom is 0.303 e. The van der Waals surface area contributed by atoms with Crippen LogP contribution in [-0.4, -0.2) is 55.0 Å². The fraction of sp³-hybridized carbons (Fsp3) is 0.385. The molecule has 2 aromatic carbocycles. The first-order chi connectivity index (χ1) is 16.4. The lowest BCUT2D eigenvalue weighted by atomic mass is 9.97. The van der Waals surface area contributed by atoms with Gasteiger partial charge in [0.1, 0.15) is 6.07 Å². The van der Waals surface area contributed by atoms with E-state index < -0.39 is 12.1 Å². The maximum atomic E-state index is 13.1. The minimum absolute atomic E-state index is 0.225. The second kappa shape index (κ2) is 11.8. The number of ether oxygens (including phenoxy) is 1. The molecule has 2 amide bonds. The van der Waals surface area contributed by atoms with Crippen LogP contribution in [0.1, 0.15) is 31.4 Å². The minimum Gasteiger partial charge on any atom is -0.452 e. The summed E-state index contributed by atoms with van der Waals surface area (Å²) in [7, 11) is 0. The maximum absolute atomic E-state index is 13.1. The highest BCUT2D eigenvalue weighted by Crippen LogP contribution is 2.27. The Morgan fingerprint density at radius 3 is 2.47 bits per heavy atom. The zero-order chi connectivity index (χ0) is 24.5. The van der Waals surface area contributed by atoms with Crippen molar-refractivity contribution < 1.29 is 19.1 Å². The highest BCUT2D eigenvalue weighted by molar-refractivity contribution is 5.89. The summed E-state index contributed by atoms with van der Waals surface area (Å²) in [5.74, 6) is -1.10. The van der Waals surface area contributed by atoms with Gasteiger partial charge in [0.05, 0.1) is 17.7 Å². The molecule has 3 rings (SSSR count). The van der Waals surface area contributed by atoms with Crippen LogP contribution in [0, 0.1) is 17.2 Å². The molecule has 0 radical (unpaired) electrons. The van der Waals surface area contributed by atoms with Crippen LogP contribution in [0.25, 0.3) is 0 Å². The molecule has 1 N–H and O–H groups in total. The molecule has 2 aromatic rings. The number of amides is 2. The van der Waals surface area contributed by atoms with Crippen LogP contribution in [0.5, 0.6) is 0 Å². The van der Waals surface area contributed by atoms with Crippen LogP contribution in [0.4, 0.5) is 5.69 Å². The minimum atomic E-state index is -1.17. The summed E-state index contributed by atoms with van der Waals surface area (Å²) in [6, 6.07) is 19.2. The number of carbonyl (C=O) groups is 3. The van der Waals surface area contributed by atoms with E-state index in [0.717, 1.165) is 24.3 Å². The van der Waals surface area contributed by atoms with Gasteiger partial charge >= 0.3 is 5.97 Å². The number of carbonyl (C=O) groups excluding carboxylic acids is 3. The van der Waals surface area contributed by atoms with Gasteiger partial charge in [-0.3, -0.25) is 14.4 Å². The molecule has 1 atom stereocenters. The summed E-state index contributed by atoms with van der Waals surface area (Å²) < 4.78 is 5.22. The Balaban J connectivity index is 1.51. The third kappa shape index (κ3) is 6.58. The number of nitrogens with zero attached hydrogens (tertiary/aromatic N) is 3. The van der Waals surface area contributed by atoms with Crippen LogP contribution in [-0.2, 0) is 25.7 Å². The van der Waals surface area contributed by atoms with E-state index in [0.29, 0.717) is 25.2 Å². The highest BCUT2D eigenvalue weighted by Gasteiger charge is 2.31. The molecular formula is C26H30N4O4. The Kier molecular flexibility index (Phi) is 8.63. The number of benzene rings is 2. The Hall–Kier alpha value is -3.86. The van der Waals surface area contributed by atoms with E-state index in [1.165, 1.54) is 6.92 Å². The molecular weight excluding hydrogens is 432 g/mol. The summed E-state index contributed by atoms with van der Waals surface area (Å²) in [4.78, 5) is 40.9. The Morgan fingerprint density at radius 1 is 1.15 bits per heavy atom. The fourth-order valence-corrected chi connectivity index (χ4v) is 3.97. The van der Waals surface area contributed by atoms with Crippen molar-refractivity contribution in [3.05, 3.63) is 65.7 Å². The third-order valence-corrected chi connectivity index (χ3v) is 5.77. The lowest BCUT2D eigenvalue weighted by Crippen LogP contribution is -2.52. The zero-order valence-electron chi connectivity index (χ0n) is 19.6. The van der Waals surface area contributed by atoms with Crippen molar-refractivity contribution >= 4 is 23.5 Å². The second-order valence-electron chi connectivity index (χ2n) is 8.34. The molecule has 178 valence electrons. The Bertz CT molecular complexity index is 1040. The average Bonchev–Trinajstić information content (AvgIpc) is 2.81.